The zero-order chi connectivity index (χ0) is 12.2. The van der Waals surface area contributed by atoms with Crippen molar-refractivity contribution in [3.05, 3.63) is 29.8 Å². The second kappa shape index (κ2) is 4.89. The molecular formula is C10H12F2N2O2. The topological polar surface area (TPSA) is 75.4 Å². The van der Waals surface area contributed by atoms with Gasteiger partial charge in [0.2, 0.25) is 0 Å². The van der Waals surface area contributed by atoms with Crippen LogP contribution in [0, 0.1) is 0 Å². The van der Waals surface area contributed by atoms with Crippen LogP contribution in [0.2, 0.25) is 0 Å². The number of hydrogen-bond acceptors (Lipinski definition) is 3. The Bertz CT molecular complexity index is 366. The molecule has 4 nitrogen and oxygen atoms in total. The molecule has 1 amide bonds. The Morgan fingerprint density at radius 1 is 1.38 bits per heavy atom. The second-order valence-electron chi connectivity index (χ2n) is 3.32. The van der Waals surface area contributed by atoms with E-state index in [0.29, 0.717) is 5.69 Å². The second-order valence-corrected chi connectivity index (χ2v) is 3.32. The highest BCUT2D eigenvalue weighted by molar-refractivity contribution is 5.94. The summed E-state index contributed by atoms with van der Waals surface area (Å²) in [5, 5.41) is 10.3. The van der Waals surface area contributed by atoms with Crippen LogP contribution in [0.25, 0.3) is 0 Å². The van der Waals surface area contributed by atoms with Gasteiger partial charge in [0.05, 0.1) is 6.54 Å². The van der Waals surface area contributed by atoms with Crippen molar-refractivity contribution >= 4 is 11.6 Å². The maximum absolute atomic E-state index is 12.6. The van der Waals surface area contributed by atoms with E-state index in [4.69, 9.17) is 10.8 Å². The molecule has 16 heavy (non-hydrogen) atoms. The van der Waals surface area contributed by atoms with E-state index in [-0.39, 0.29) is 5.56 Å². The molecule has 0 aromatic heterocycles. The van der Waals surface area contributed by atoms with Crippen LogP contribution in [0.4, 0.5) is 14.5 Å². The SMILES string of the molecule is Nc1ccc(C(=O)NCC(F)(F)CO)cc1. The van der Waals surface area contributed by atoms with E-state index in [2.05, 4.69) is 0 Å². The number of hydrogen-bond donors (Lipinski definition) is 3. The molecule has 0 atom stereocenters. The third kappa shape index (κ3) is 3.47. The molecule has 0 saturated carbocycles. The van der Waals surface area contributed by atoms with Crippen LogP contribution in [-0.2, 0) is 0 Å². The maximum Gasteiger partial charge on any atom is 0.287 e. The highest BCUT2D eigenvalue weighted by atomic mass is 19.3. The third-order valence-electron chi connectivity index (χ3n) is 1.91. The quantitative estimate of drug-likeness (QED) is 0.664. The lowest BCUT2D eigenvalue weighted by Crippen LogP contribution is -2.38. The van der Waals surface area contributed by atoms with Gasteiger partial charge in [-0.25, -0.2) is 8.78 Å². The van der Waals surface area contributed by atoms with Crippen molar-refractivity contribution < 1.29 is 18.7 Å². The molecule has 0 spiro atoms. The van der Waals surface area contributed by atoms with Gasteiger partial charge in [-0.05, 0) is 24.3 Å². The molecule has 1 aromatic rings. The molecule has 1 rings (SSSR count). The number of aliphatic hydroxyl groups excluding tert-OH is 1. The molecule has 0 aliphatic rings. The Hall–Kier alpha value is -1.69. The van der Waals surface area contributed by atoms with Gasteiger partial charge >= 0.3 is 0 Å². The average Bonchev–Trinajstić information content (AvgIpc) is 2.27. The Labute approximate surface area is 91.1 Å². The van der Waals surface area contributed by atoms with Gasteiger partial charge in [-0.15, -0.1) is 0 Å². The summed E-state index contributed by atoms with van der Waals surface area (Å²) in [4.78, 5) is 11.4. The standard InChI is InChI=1S/C10H12F2N2O2/c11-10(12,6-15)5-14-9(16)7-1-3-8(13)4-2-7/h1-4,15H,5-6,13H2,(H,14,16). The normalized spacial score (nSPS) is 11.2. The molecule has 0 fully saturated rings. The van der Waals surface area contributed by atoms with Crippen LogP contribution in [0.3, 0.4) is 0 Å². The molecular weight excluding hydrogens is 218 g/mol. The Morgan fingerprint density at radius 3 is 2.44 bits per heavy atom. The number of nitrogens with one attached hydrogen (secondary N) is 1. The van der Waals surface area contributed by atoms with Gasteiger partial charge in [0.1, 0.15) is 6.61 Å². The highest BCUT2D eigenvalue weighted by Gasteiger charge is 2.28. The van der Waals surface area contributed by atoms with Crippen LogP contribution < -0.4 is 11.1 Å². The predicted molar refractivity (Wildman–Crippen MR) is 55.2 cm³/mol. The van der Waals surface area contributed by atoms with E-state index in [0.717, 1.165) is 0 Å². The van der Waals surface area contributed by atoms with Gasteiger partial charge in [-0.3, -0.25) is 4.79 Å². The minimum absolute atomic E-state index is 0.239. The van der Waals surface area contributed by atoms with E-state index in [1.54, 1.807) is 0 Å². The summed E-state index contributed by atoms with van der Waals surface area (Å²) in [7, 11) is 0. The summed E-state index contributed by atoms with van der Waals surface area (Å²) in [5.74, 6) is -3.93. The van der Waals surface area contributed by atoms with Crippen molar-refractivity contribution in [3.63, 3.8) is 0 Å². The summed E-state index contributed by atoms with van der Waals surface area (Å²) < 4.78 is 25.2. The first-order chi connectivity index (χ1) is 7.44. The summed E-state index contributed by atoms with van der Waals surface area (Å²) in [5.41, 5.74) is 6.13. The summed E-state index contributed by atoms with van der Waals surface area (Å²) in [6.07, 6.45) is 0. The Balaban J connectivity index is 2.56. The first-order valence-corrected chi connectivity index (χ1v) is 4.57. The molecule has 0 aliphatic heterocycles. The number of halogens is 2. The van der Waals surface area contributed by atoms with Gasteiger partial charge in [-0.1, -0.05) is 0 Å². The molecule has 0 aliphatic carbocycles. The highest BCUT2D eigenvalue weighted by Crippen LogP contribution is 2.11. The van der Waals surface area contributed by atoms with Crippen LogP contribution >= 0.6 is 0 Å². The lowest BCUT2D eigenvalue weighted by atomic mass is 10.2. The van der Waals surface area contributed by atoms with Crippen LogP contribution in [0.1, 0.15) is 10.4 Å². The van der Waals surface area contributed by atoms with Crippen molar-refractivity contribution in [1.82, 2.24) is 5.32 Å². The van der Waals surface area contributed by atoms with Gasteiger partial charge in [0.25, 0.3) is 11.8 Å². The number of alkyl halides is 2. The van der Waals surface area contributed by atoms with Crippen molar-refractivity contribution in [2.75, 3.05) is 18.9 Å². The van der Waals surface area contributed by atoms with Gasteiger partial charge < -0.3 is 16.2 Å². The number of nitrogen functional groups attached to an aromatic ring is 1. The number of rotatable bonds is 4. The molecule has 88 valence electrons. The van der Waals surface area contributed by atoms with E-state index in [9.17, 15) is 13.6 Å². The fraction of sp³-hybridized carbons (Fsp3) is 0.300. The molecule has 0 unspecified atom stereocenters. The van der Waals surface area contributed by atoms with E-state index in [1.807, 2.05) is 5.32 Å². The number of aliphatic hydroxyl groups is 1. The number of amides is 1. The molecule has 4 N–H and O–H groups in total. The van der Waals surface area contributed by atoms with Crippen molar-refractivity contribution in [2.45, 2.75) is 5.92 Å². The molecule has 0 radical (unpaired) electrons. The van der Waals surface area contributed by atoms with Crippen molar-refractivity contribution in [1.29, 1.82) is 0 Å². The first-order valence-electron chi connectivity index (χ1n) is 4.57. The van der Waals surface area contributed by atoms with Crippen LogP contribution in [-0.4, -0.2) is 30.1 Å². The smallest absolute Gasteiger partial charge is 0.287 e. The number of anilines is 1. The monoisotopic (exact) mass is 230 g/mol. The molecule has 0 heterocycles. The summed E-state index contributed by atoms with van der Waals surface area (Å²) >= 11 is 0. The number of carbonyl (C=O) groups excluding carboxylic acids is 1. The minimum atomic E-state index is -3.30. The minimum Gasteiger partial charge on any atom is -0.399 e. The van der Waals surface area contributed by atoms with Gasteiger partial charge in [-0.2, -0.15) is 0 Å². The fourth-order valence-corrected chi connectivity index (χ4v) is 1.00. The molecule has 1 aromatic carbocycles. The molecule has 0 saturated heterocycles. The van der Waals surface area contributed by atoms with E-state index < -0.39 is 25.0 Å². The number of benzene rings is 1. The maximum atomic E-state index is 12.6. The largest absolute Gasteiger partial charge is 0.399 e. The van der Waals surface area contributed by atoms with Crippen molar-refractivity contribution in [3.8, 4) is 0 Å². The molecule has 0 bridgehead atoms. The summed E-state index contributed by atoms with van der Waals surface area (Å²) in [6, 6.07) is 5.86. The Kier molecular flexibility index (Phi) is 3.78. The lowest BCUT2D eigenvalue weighted by molar-refractivity contribution is -0.0462. The van der Waals surface area contributed by atoms with Gasteiger partial charge in [0.15, 0.2) is 0 Å². The Morgan fingerprint density at radius 2 is 1.94 bits per heavy atom. The van der Waals surface area contributed by atoms with Crippen LogP contribution in [0.5, 0.6) is 0 Å². The fourth-order valence-electron chi connectivity index (χ4n) is 1.00. The van der Waals surface area contributed by atoms with Gasteiger partial charge in [0, 0.05) is 11.3 Å². The third-order valence-corrected chi connectivity index (χ3v) is 1.91. The van der Waals surface area contributed by atoms with Crippen LogP contribution in [0.15, 0.2) is 24.3 Å². The zero-order valence-corrected chi connectivity index (χ0v) is 8.41. The number of carbonyl (C=O) groups is 1. The van der Waals surface area contributed by atoms with E-state index >= 15 is 0 Å². The summed E-state index contributed by atoms with van der Waals surface area (Å²) in [6.45, 7) is -2.19. The first kappa shape index (κ1) is 12.4. The predicted octanol–water partition coefficient (Wildman–Crippen LogP) is 0.626. The number of nitrogens with two attached hydrogens (primary N) is 1. The van der Waals surface area contributed by atoms with E-state index in [1.165, 1.54) is 24.3 Å². The average molecular weight is 230 g/mol. The van der Waals surface area contributed by atoms with Crippen molar-refractivity contribution in [2.24, 2.45) is 0 Å². The molecule has 6 heteroatoms. The zero-order valence-electron chi connectivity index (χ0n) is 8.41. The lowest BCUT2D eigenvalue weighted by Gasteiger charge is -2.13.